The molecule has 0 aromatic heterocycles. The SMILES string of the molecule is Cc1cccc(OCCCOc2cccc(C)c2C)c1. The highest BCUT2D eigenvalue weighted by Gasteiger charge is 2.01. The Labute approximate surface area is 121 Å². The molecule has 2 aromatic rings. The van der Waals surface area contributed by atoms with Crippen LogP contribution in [-0.4, -0.2) is 13.2 Å². The summed E-state index contributed by atoms with van der Waals surface area (Å²) in [5.41, 5.74) is 3.69. The van der Waals surface area contributed by atoms with Crippen molar-refractivity contribution >= 4 is 0 Å². The van der Waals surface area contributed by atoms with Crippen molar-refractivity contribution in [3.63, 3.8) is 0 Å². The molecule has 2 heteroatoms. The van der Waals surface area contributed by atoms with Gasteiger partial charge in [0.15, 0.2) is 0 Å². The monoisotopic (exact) mass is 270 g/mol. The van der Waals surface area contributed by atoms with Crippen LogP contribution in [0.5, 0.6) is 11.5 Å². The van der Waals surface area contributed by atoms with E-state index < -0.39 is 0 Å². The average Bonchev–Trinajstić information content (AvgIpc) is 2.43. The number of ether oxygens (including phenoxy) is 2. The van der Waals surface area contributed by atoms with Crippen molar-refractivity contribution in [1.82, 2.24) is 0 Å². The second kappa shape index (κ2) is 6.99. The molecule has 2 nitrogen and oxygen atoms in total. The van der Waals surface area contributed by atoms with Gasteiger partial charge in [-0.15, -0.1) is 0 Å². The summed E-state index contributed by atoms with van der Waals surface area (Å²) < 4.78 is 11.5. The number of rotatable bonds is 6. The van der Waals surface area contributed by atoms with E-state index in [1.807, 2.05) is 30.3 Å². The lowest BCUT2D eigenvalue weighted by Gasteiger charge is -2.11. The van der Waals surface area contributed by atoms with Gasteiger partial charge in [0.1, 0.15) is 11.5 Å². The number of hydrogen-bond acceptors (Lipinski definition) is 2. The maximum absolute atomic E-state index is 5.80. The Bertz CT molecular complexity index is 561. The third-order valence-electron chi connectivity index (χ3n) is 3.36. The van der Waals surface area contributed by atoms with E-state index in [2.05, 4.69) is 32.9 Å². The van der Waals surface area contributed by atoms with Gasteiger partial charge in [-0.1, -0.05) is 24.3 Å². The lowest BCUT2D eigenvalue weighted by Crippen LogP contribution is -2.06. The van der Waals surface area contributed by atoms with E-state index in [1.54, 1.807) is 0 Å². The van der Waals surface area contributed by atoms with Crippen LogP contribution in [0.25, 0.3) is 0 Å². The van der Waals surface area contributed by atoms with E-state index in [0.29, 0.717) is 13.2 Å². The Morgan fingerprint density at radius 2 is 1.60 bits per heavy atom. The molecule has 0 amide bonds. The molecule has 2 aromatic carbocycles. The Morgan fingerprint density at radius 3 is 2.40 bits per heavy atom. The topological polar surface area (TPSA) is 18.5 Å². The maximum Gasteiger partial charge on any atom is 0.122 e. The summed E-state index contributed by atoms with van der Waals surface area (Å²) in [6.07, 6.45) is 0.876. The molecule has 0 aliphatic carbocycles. The summed E-state index contributed by atoms with van der Waals surface area (Å²) in [4.78, 5) is 0. The quantitative estimate of drug-likeness (QED) is 0.721. The van der Waals surface area contributed by atoms with Gasteiger partial charge in [0.25, 0.3) is 0 Å². The minimum Gasteiger partial charge on any atom is -0.493 e. The molecule has 2 rings (SSSR count). The molecule has 0 bridgehead atoms. The summed E-state index contributed by atoms with van der Waals surface area (Å²) in [6.45, 7) is 7.61. The van der Waals surface area contributed by atoms with Crippen LogP contribution in [0.1, 0.15) is 23.1 Å². The van der Waals surface area contributed by atoms with E-state index in [-0.39, 0.29) is 0 Å². The largest absolute Gasteiger partial charge is 0.493 e. The van der Waals surface area contributed by atoms with Crippen LogP contribution < -0.4 is 9.47 Å². The van der Waals surface area contributed by atoms with Crippen LogP contribution in [0, 0.1) is 20.8 Å². The molecule has 0 atom stereocenters. The predicted octanol–water partition coefficient (Wildman–Crippen LogP) is 4.46. The van der Waals surface area contributed by atoms with E-state index >= 15 is 0 Å². The lowest BCUT2D eigenvalue weighted by molar-refractivity contribution is 0.246. The van der Waals surface area contributed by atoms with Crippen LogP contribution in [0.15, 0.2) is 42.5 Å². The Balaban J connectivity index is 1.73. The van der Waals surface area contributed by atoms with Crippen molar-refractivity contribution in [2.75, 3.05) is 13.2 Å². The van der Waals surface area contributed by atoms with Crippen LogP contribution in [0.4, 0.5) is 0 Å². The molecule has 0 unspecified atom stereocenters. The Kier molecular flexibility index (Phi) is 5.05. The van der Waals surface area contributed by atoms with Crippen LogP contribution in [-0.2, 0) is 0 Å². The van der Waals surface area contributed by atoms with Crippen molar-refractivity contribution in [2.45, 2.75) is 27.2 Å². The molecule has 0 radical (unpaired) electrons. The molecule has 0 saturated heterocycles. The lowest BCUT2D eigenvalue weighted by atomic mass is 10.1. The molecule has 0 aliphatic rings. The van der Waals surface area contributed by atoms with Crippen molar-refractivity contribution in [3.8, 4) is 11.5 Å². The average molecular weight is 270 g/mol. The Hall–Kier alpha value is -1.96. The van der Waals surface area contributed by atoms with Crippen molar-refractivity contribution in [1.29, 1.82) is 0 Å². The van der Waals surface area contributed by atoms with Gasteiger partial charge in [-0.05, 0) is 55.7 Å². The van der Waals surface area contributed by atoms with Crippen molar-refractivity contribution in [2.24, 2.45) is 0 Å². The molecular formula is C18H22O2. The summed E-state index contributed by atoms with van der Waals surface area (Å²) >= 11 is 0. The van der Waals surface area contributed by atoms with Gasteiger partial charge in [0, 0.05) is 6.42 Å². The van der Waals surface area contributed by atoms with E-state index in [4.69, 9.17) is 9.47 Å². The smallest absolute Gasteiger partial charge is 0.122 e. The second-order valence-corrected chi connectivity index (χ2v) is 5.07. The zero-order valence-corrected chi connectivity index (χ0v) is 12.5. The highest BCUT2D eigenvalue weighted by atomic mass is 16.5. The number of aryl methyl sites for hydroxylation is 2. The predicted molar refractivity (Wildman–Crippen MR) is 82.7 cm³/mol. The molecule has 0 aliphatic heterocycles. The molecule has 0 saturated carbocycles. The summed E-state index contributed by atoms with van der Waals surface area (Å²) in [6, 6.07) is 14.3. The summed E-state index contributed by atoms with van der Waals surface area (Å²) in [5.74, 6) is 1.90. The highest BCUT2D eigenvalue weighted by molar-refractivity contribution is 5.38. The van der Waals surface area contributed by atoms with E-state index in [1.165, 1.54) is 16.7 Å². The fourth-order valence-electron chi connectivity index (χ4n) is 2.02. The van der Waals surface area contributed by atoms with Gasteiger partial charge in [-0.2, -0.15) is 0 Å². The number of hydrogen-bond donors (Lipinski definition) is 0. The fraction of sp³-hybridized carbons (Fsp3) is 0.333. The van der Waals surface area contributed by atoms with Crippen molar-refractivity contribution < 1.29 is 9.47 Å². The standard InChI is InChI=1S/C18H22O2/c1-14-7-4-9-17(13-14)19-11-6-12-20-18-10-5-8-15(2)16(18)3/h4-5,7-10,13H,6,11-12H2,1-3H3. The van der Waals surface area contributed by atoms with E-state index in [9.17, 15) is 0 Å². The molecule has 0 N–H and O–H groups in total. The molecular weight excluding hydrogens is 248 g/mol. The first-order valence-corrected chi connectivity index (χ1v) is 7.05. The molecule has 0 spiro atoms. The first-order chi connectivity index (χ1) is 9.66. The van der Waals surface area contributed by atoms with Crippen molar-refractivity contribution in [3.05, 3.63) is 59.2 Å². The molecule has 106 valence electrons. The first kappa shape index (κ1) is 14.4. The third kappa shape index (κ3) is 4.02. The zero-order valence-electron chi connectivity index (χ0n) is 12.5. The van der Waals surface area contributed by atoms with Gasteiger partial charge in [-0.3, -0.25) is 0 Å². The minimum absolute atomic E-state index is 0.675. The third-order valence-corrected chi connectivity index (χ3v) is 3.36. The van der Waals surface area contributed by atoms with Crippen LogP contribution in [0.2, 0.25) is 0 Å². The molecule has 0 heterocycles. The van der Waals surface area contributed by atoms with Gasteiger partial charge in [0.2, 0.25) is 0 Å². The van der Waals surface area contributed by atoms with Gasteiger partial charge < -0.3 is 9.47 Å². The highest BCUT2D eigenvalue weighted by Crippen LogP contribution is 2.20. The Morgan fingerprint density at radius 1 is 0.850 bits per heavy atom. The molecule has 20 heavy (non-hydrogen) atoms. The van der Waals surface area contributed by atoms with Gasteiger partial charge in [-0.25, -0.2) is 0 Å². The summed E-state index contributed by atoms with van der Waals surface area (Å²) in [5, 5.41) is 0. The van der Waals surface area contributed by atoms with Gasteiger partial charge >= 0.3 is 0 Å². The van der Waals surface area contributed by atoms with E-state index in [0.717, 1.165) is 17.9 Å². The summed E-state index contributed by atoms with van der Waals surface area (Å²) in [7, 11) is 0. The zero-order chi connectivity index (χ0) is 14.4. The first-order valence-electron chi connectivity index (χ1n) is 7.05. The second-order valence-electron chi connectivity index (χ2n) is 5.07. The number of benzene rings is 2. The van der Waals surface area contributed by atoms with Crippen LogP contribution >= 0.6 is 0 Å². The normalized spacial score (nSPS) is 10.3. The molecule has 0 fully saturated rings. The fourth-order valence-corrected chi connectivity index (χ4v) is 2.02. The minimum atomic E-state index is 0.675. The van der Waals surface area contributed by atoms with Gasteiger partial charge in [0.05, 0.1) is 13.2 Å². The van der Waals surface area contributed by atoms with Crippen LogP contribution in [0.3, 0.4) is 0 Å². The maximum atomic E-state index is 5.80.